The number of nitrogen functional groups attached to an aromatic ring is 1. The summed E-state index contributed by atoms with van der Waals surface area (Å²) in [5.74, 6) is -2.18. The molecule has 1 aliphatic heterocycles. The van der Waals surface area contributed by atoms with Gasteiger partial charge in [-0.1, -0.05) is 19.1 Å². The summed E-state index contributed by atoms with van der Waals surface area (Å²) in [4.78, 5) is 52.1. The summed E-state index contributed by atoms with van der Waals surface area (Å²) in [6, 6.07) is 10.3. The zero-order valence-corrected chi connectivity index (χ0v) is 18.5. The summed E-state index contributed by atoms with van der Waals surface area (Å²) in [7, 11) is 0. The number of Topliss-reactive ketones (excluding diaryl/α,β-unsaturated/α-hetero) is 1. The van der Waals surface area contributed by atoms with Crippen molar-refractivity contribution in [1.29, 1.82) is 0 Å². The maximum absolute atomic E-state index is 13.5. The van der Waals surface area contributed by atoms with Crippen LogP contribution in [-0.4, -0.2) is 47.2 Å². The van der Waals surface area contributed by atoms with E-state index in [1.54, 1.807) is 55.7 Å². The minimum Gasteiger partial charge on any atom is -0.398 e. The number of nitrogens with two attached hydrogens (primary N) is 1. The molecule has 0 unspecified atom stereocenters. The Morgan fingerprint density at radius 1 is 1.03 bits per heavy atom. The molecular formula is C24H26N6O3. The monoisotopic (exact) mass is 446 g/mol. The van der Waals surface area contributed by atoms with Gasteiger partial charge in [0.2, 0.25) is 11.8 Å². The predicted molar refractivity (Wildman–Crippen MR) is 125 cm³/mol. The van der Waals surface area contributed by atoms with Crippen molar-refractivity contribution in [2.75, 3.05) is 18.8 Å². The summed E-state index contributed by atoms with van der Waals surface area (Å²) in [5, 5.41) is 5.64. The molecule has 0 saturated heterocycles. The van der Waals surface area contributed by atoms with Crippen molar-refractivity contribution < 1.29 is 14.4 Å². The van der Waals surface area contributed by atoms with Crippen LogP contribution in [0.4, 0.5) is 5.69 Å². The zero-order chi connectivity index (χ0) is 23.6. The number of hydrogen-bond acceptors (Lipinski definition) is 7. The van der Waals surface area contributed by atoms with Gasteiger partial charge in [0.05, 0.1) is 30.3 Å². The van der Waals surface area contributed by atoms with Crippen LogP contribution in [0.1, 0.15) is 29.8 Å². The van der Waals surface area contributed by atoms with Gasteiger partial charge in [-0.15, -0.1) is 0 Å². The summed E-state index contributed by atoms with van der Waals surface area (Å²) in [6.07, 6.45) is 3.27. The summed E-state index contributed by atoms with van der Waals surface area (Å²) < 4.78 is 0. The molecule has 4 rings (SSSR count). The number of ketones is 1. The average molecular weight is 447 g/mol. The number of anilines is 1. The van der Waals surface area contributed by atoms with Crippen molar-refractivity contribution in [3.63, 3.8) is 0 Å². The summed E-state index contributed by atoms with van der Waals surface area (Å²) >= 11 is 0. The minimum atomic E-state index is -1.21. The third-order valence-electron chi connectivity index (χ3n) is 6.22. The molecule has 0 radical (unpaired) electrons. The lowest BCUT2D eigenvalue weighted by Gasteiger charge is -2.13. The molecule has 1 aromatic carbocycles. The molecule has 2 heterocycles. The van der Waals surface area contributed by atoms with Crippen LogP contribution in [0.25, 0.3) is 0 Å². The number of carbonyl (C=O) groups excluding carboxylic acids is 3. The molecule has 1 saturated carbocycles. The highest BCUT2D eigenvalue weighted by Crippen LogP contribution is 2.60. The Bertz CT molecular complexity index is 1160. The molecular weight excluding hydrogens is 420 g/mol. The van der Waals surface area contributed by atoms with Crippen molar-refractivity contribution in [1.82, 2.24) is 15.6 Å². The highest BCUT2D eigenvalue weighted by atomic mass is 16.2. The Morgan fingerprint density at radius 2 is 1.67 bits per heavy atom. The van der Waals surface area contributed by atoms with E-state index >= 15 is 0 Å². The Hall–Kier alpha value is -3.88. The molecule has 3 atom stereocenters. The maximum atomic E-state index is 13.5. The van der Waals surface area contributed by atoms with E-state index in [-0.39, 0.29) is 30.7 Å². The number of aliphatic imine (C=N–C) groups is 2. The van der Waals surface area contributed by atoms with Gasteiger partial charge < -0.3 is 16.4 Å². The van der Waals surface area contributed by atoms with Crippen LogP contribution in [0.3, 0.4) is 0 Å². The second kappa shape index (κ2) is 8.93. The number of aromatic nitrogens is 1. The molecule has 170 valence electrons. The van der Waals surface area contributed by atoms with E-state index in [9.17, 15) is 14.4 Å². The van der Waals surface area contributed by atoms with E-state index < -0.39 is 17.3 Å². The van der Waals surface area contributed by atoms with Gasteiger partial charge in [0, 0.05) is 35.9 Å². The van der Waals surface area contributed by atoms with E-state index in [4.69, 9.17) is 5.73 Å². The number of amidine groups is 1. The van der Waals surface area contributed by atoms with E-state index in [0.29, 0.717) is 23.6 Å². The van der Waals surface area contributed by atoms with Gasteiger partial charge in [0.25, 0.3) is 0 Å². The van der Waals surface area contributed by atoms with E-state index in [1.807, 2.05) is 6.92 Å². The van der Waals surface area contributed by atoms with Gasteiger partial charge in [0.15, 0.2) is 5.78 Å². The molecule has 1 aliphatic carbocycles. The highest BCUT2D eigenvalue weighted by molar-refractivity contribution is 6.14. The molecule has 9 nitrogen and oxygen atoms in total. The number of hydrogen-bond donors (Lipinski definition) is 3. The largest absolute Gasteiger partial charge is 0.398 e. The average Bonchev–Trinajstić information content (AvgIpc) is 3.25. The lowest BCUT2D eigenvalue weighted by molar-refractivity contribution is -0.127. The number of nitrogens with zero attached hydrogens (tertiary/aromatic N) is 3. The predicted octanol–water partition coefficient (Wildman–Crippen LogP) is 1.40. The summed E-state index contributed by atoms with van der Waals surface area (Å²) in [6.45, 7) is 4.45. The van der Waals surface area contributed by atoms with Crippen molar-refractivity contribution in [3.05, 3.63) is 59.9 Å². The molecule has 2 aliphatic rings. The number of pyridine rings is 1. The van der Waals surface area contributed by atoms with Crippen LogP contribution in [-0.2, 0) is 16.1 Å². The summed E-state index contributed by atoms with van der Waals surface area (Å²) in [5.41, 5.74) is 7.18. The lowest BCUT2D eigenvalue weighted by Crippen LogP contribution is -2.33. The highest BCUT2D eigenvalue weighted by Gasteiger charge is 2.72. The topological polar surface area (TPSA) is 139 Å². The minimum absolute atomic E-state index is 0.149. The first kappa shape index (κ1) is 22.3. The Kier molecular flexibility index (Phi) is 6.04. The molecule has 1 aromatic heterocycles. The first-order chi connectivity index (χ1) is 15.8. The molecule has 1 fully saturated rings. The molecule has 2 aromatic rings. The van der Waals surface area contributed by atoms with Crippen molar-refractivity contribution in [2.24, 2.45) is 27.2 Å². The SMILES string of the molecule is CC1=NC(CNC(=O)[C@H]2[C@@H](C(=O)NCc3ccncc3)[C@@]2(C)C(=O)c2ccccc2N)=NC1. The first-order valence-corrected chi connectivity index (χ1v) is 10.7. The van der Waals surface area contributed by atoms with Gasteiger partial charge in [0.1, 0.15) is 5.84 Å². The number of nitrogens with one attached hydrogen (secondary N) is 2. The number of carbonyl (C=O) groups is 3. The van der Waals surface area contributed by atoms with Gasteiger partial charge in [-0.05, 0) is 36.8 Å². The van der Waals surface area contributed by atoms with E-state index in [1.165, 1.54) is 0 Å². The quantitative estimate of drug-likeness (QED) is 0.416. The van der Waals surface area contributed by atoms with Crippen molar-refractivity contribution in [3.8, 4) is 0 Å². The smallest absolute Gasteiger partial charge is 0.225 e. The Morgan fingerprint density at radius 3 is 2.27 bits per heavy atom. The first-order valence-electron chi connectivity index (χ1n) is 10.7. The molecule has 4 N–H and O–H groups in total. The maximum Gasteiger partial charge on any atom is 0.225 e. The van der Waals surface area contributed by atoms with Crippen LogP contribution in [0.5, 0.6) is 0 Å². The molecule has 0 bridgehead atoms. The third-order valence-corrected chi connectivity index (χ3v) is 6.22. The number of benzene rings is 1. The molecule has 33 heavy (non-hydrogen) atoms. The van der Waals surface area contributed by atoms with Gasteiger partial charge in [-0.2, -0.15) is 0 Å². The molecule has 9 heteroatoms. The normalized spacial score (nSPS) is 23.3. The second-order valence-electron chi connectivity index (χ2n) is 8.53. The number of rotatable bonds is 8. The Balaban J connectivity index is 1.53. The second-order valence-corrected chi connectivity index (χ2v) is 8.53. The van der Waals surface area contributed by atoms with Crippen LogP contribution in [0.15, 0.2) is 58.8 Å². The van der Waals surface area contributed by atoms with Crippen LogP contribution >= 0.6 is 0 Å². The van der Waals surface area contributed by atoms with E-state index in [2.05, 4.69) is 25.6 Å². The molecule has 0 spiro atoms. The van der Waals surface area contributed by atoms with Gasteiger partial charge in [-0.3, -0.25) is 24.4 Å². The third kappa shape index (κ3) is 4.39. The van der Waals surface area contributed by atoms with Crippen LogP contribution < -0.4 is 16.4 Å². The fourth-order valence-electron chi connectivity index (χ4n) is 4.30. The standard InChI is InChI=1S/C24H26N6O3/c1-14-11-27-18(30-14)13-29-23(33)20-19(22(32)28-12-15-7-9-26-10-8-15)24(20,2)21(31)16-5-3-4-6-17(16)25/h3-10,19-20H,11-13,25H2,1-2H3,(H,28,32)(H,29,33)/t19-,20+,24+/m0/s1. The lowest BCUT2D eigenvalue weighted by atomic mass is 9.91. The van der Waals surface area contributed by atoms with Crippen LogP contribution in [0, 0.1) is 17.3 Å². The zero-order valence-electron chi connectivity index (χ0n) is 18.5. The van der Waals surface area contributed by atoms with Crippen molar-refractivity contribution >= 4 is 34.8 Å². The number of amides is 2. The van der Waals surface area contributed by atoms with Gasteiger partial charge >= 0.3 is 0 Å². The fourth-order valence-corrected chi connectivity index (χ4v) is 4.30. The van der Waals surface area contributed by atoms with E-state index in [0.717, 1.165) is 11.3 Å². The van der Waals surface area contributed by atoms with Gasteiger partial charge in [-0.25, -0.2) is 4.99 Å². The molecule has 2 amide bonds. The van der Waals surface area contributed by atoms with Crippen molar-refractivity contribution in [2.45, 2.75) is 20.4 Å². The fraction of sp³-hybridized carbons (Fsp3) is 0.333. The Labute approximate surface area is 191 Å². The van der Waals surface area contributed by atoms with Crippen LogP contribution in [0.2, 0.25) is 0 Å². The number of para-hydroxylation sites is 1.